The van der Waals surface area contributed by atoms with E-state index in [1.54, 1.807) is 7.11 Å². The molecule has 0 aromatic heterocycles. The van der Waals surface area contributed by atoms with Gasteiger partial charge in [-0.05, 0) is 48.7 Å². The molecule has 1 fully saturated rings. The second-order valence-corrected chi connectivity index (χ2v) is 7.84. The first-order valence-corrected chi connectivity index (χ1v) is 10.2. The molecular formula is C23H30N3O2+. The minimum absolute atomic E-state index is 0.0169. The lowest BCUT2D eigenvalue weighted by atomic mass is 9.99. The van der Waals surface area contributed by atoms with Crippen molar-refractivity contribution in [3.63, 3.8) is 0 Å². The first-order chi connectivity index (χ1) is 13.7. The number of carbonyl (C=O) groups excluding carboxylic acids is 1. The van der Waals surface area contributed by atoms with Crippen LogP contribution in [0.25, 0.3) is 0 Å². The maximum atomic E-state index is 13.1. The fourth-order valence-corrected chi connectivity index (χ4v) is 4.41. The van der Waals surface area contributed by atoms with Crippen LogP contribution in [0.15, 0.2) is 48.5 Å². The topological polar surface area (TPSA) is 37.2 Å². The van der Waals surface area contributed by atoms with Gasteiger partial charge >= 0.3 is 0 Å². The molecule has 0 bridgehead atoms. The van der Waals surface area contributed by atoms with E-state index in [1.807, 2.05) is 12.1 Å². The molecule has 2 heterocycles. The van der Waals surface area contributed by atoms with Gasteiger partial charge in [0.15, 0.2) is 6.04 Å². The van der Waals surface area contributed by atoms with E-state index in [2.05, 4.69) is 53.1 Å². The summed E-state index contributed by atoms with van der Waals surface area (Å²) < 4.78 is 5.25. The summed E-state index contributed by atoms with van der Waals surface area (Å²) in [7, 11) is 1.69. The number of piperazine rings is 1. The molecule has 1 N–H and O–H groups in total. The number of quaternary nitrogens is 1. The fourth-order valence-electron chi connectivity index (χ4n) is 4.41. The van der Waals surface area contributed by atoms with Gasteiger partial charge in [-0.3, -0.25) is 4.79 Å². The van der Waals surface area contributed by atoms with E-state index < -0.39 is 0 Å². The van der Waals surface area contributed by atoms with E-state index in [0.717, 1.165) is 51.4 Å². The van der Waals surface area contributed by atoms with Crippen LogP contribution in [0.1, 0.15) is 18.1 Å². The third-order valence-electron chi connectivity index (χ3n) is 6.27. The van der Waals surface area contributed by atoms with E-state index in [9.17, 15) is 4.79 Å². The summed E-state index contributed by atoms with van der Waals surface area (Å²) in [6, 6.07) is 16.8. The normalized spacial score (nSPS) is 18.5. The number of amides is 1. The first kappa shape index (κ1) is 18.8. The van der Waals surface area contributed by atoms with Crippen LogP contribution in [0.4, 0.5) is 5.69 Å². The number of hydrogen-bond donors (Lipinski definition) is 1. The number of methoxy groups -OCH3 is 1. The van der Waals surface area contributed by atoms with Crippen molar-refractivity contribution in [2.75, 3.05) is 44.7 Å². The summed E-state index contributed by atoms with van der Waals surface area (Å²) in [5.74, 6) is 1.18. The Balaban J connectivity index is 1.33. The van der Waals surface area contributed by atoms with Crippen molar-refractivity contribution < 1.29 is 14.4 Å². The van der Waals surface area contributed by atoms with Gasteiger partial charge in [-0.1, -0.05) is 24.3 Å². The predicted octanol–water partition coefficient (Wildman–Crippen LogP) is 1.37. The minimum Gasteiger partial charge on any atom is -0.497 e. The second-order valence-electron chi connectivity index (χ2n) is 7.84. The van der Waals surface area contributed by atoms with Gasteiger partial charge in [0.2, 0.25) is 0 Å². The summed E-state index contributed by atoms with van der Waals surface area (Å²) in [6.07, 6.45) is 0.967. The lowest BCUT2D eigenvalue weighted by molar-refractivity contribution is -0.915. The van der Waals surface area contributed by atoms with Crippen molar-refractivity contribution in [2.24, 2.45) is 0 Å². The second kappa shape index (κ2) is 8.23. The van der Waals surface area contributed by atoms with Gasteiger partial charge in [-0.25, -0.2) is 0 Å². The van der Waals surface area contributed by atoms with E-state index >= 15 is 0 Å². The van der Waals surface area contributed by atoms with Gasteiger partial charge in [0.1, 0.15) is 5.75 Å². The summed E-state index contributed by atoms with van der Waals surface area (Å²) in [5, 5.41) is 0. The molecule has 4 rings (SSSR count). The van der Waals surface area contributed by atoms with Crippen LogP contribution >= 0.6 is 0 Å². The Morgan fingerprint density at radius 1 is 1.00 bits per heavy atom. The van der Waals surface area contributed by atoms with Crippen LogP contribution in [0.2, 0.25) is 0 Å². The average molecular weight is 381 g/mol. The first-order valence-electron chi connectivity index (χ1n) is 10.2. The van der Waals surface area contributed by atoms with Gasteiger partial charge in [0.05, 0.1) is 33.3 Å². The molecule has 148 valence electrons. The van der Waals surface area contributed by atoms with Gasteiger partial charge in [0.25, 0.3) is 5.91 Å². The van der Waals surface area contributed by atoms with Crippen molar-refractivity contribution in [2.45, 2.75) is 25.9 Å². The molecule has 2 aromatic rings. The maximum Gasteiger partial charge on any atom is 0.280 e. The van der Waals surface area contributed by atoms with Crippen molar-refractivity contribution in [1.82, 2.24) is 4.90 Å². The number of carbonyl (C=O) groups is 1. The number of benzene rings is 2. The number of hydrogen-bond acceptors (Lipinski definition) is 3. The average Bonchev–Trinajstić information content (AvgIpc) is 2.78. The van der Waals surface area contributed by atoms with Gasteiger partial charge in [0, 0.05) is 18.8 Å². The van der Waals surface area contributed by atoms with Crippen LogP contribution in [0.3, 0.4) is 0 Å². The van der Waals surface area contributed by atoms with E-state index in [4.69, 9.17) is 4.74 Å². The minimum atomic E-state index is 0.0169. The summed E-state index contributed by atoms with van der Waals surface area (Å²) in [4.78, 5) is 19.0. The molecule has 0 aliphatic carbocycles. The quantitative estimate of drug-likeness (QED) is 0.871. The zero-order chi connectivity index (χ0) is 19.5. The Labute approximate surface area is 167 Å². The highest BCUT2D eigenvalue weighted by Gasteiger charge is 2.33. The van der Waals surface area contributed by atoms with Gasteiger partial charge < -0.3 is 19.4 Å². The number of nitrogens with one attached hydrogen (secondary N) is 1. The molecule has 0 saturated carbocycles. The number of anilines is 1. The molecule has 0 unspecified atom stereocenters. The number of nitrogens with zero attached hydrogens (tertiary/aromatic N) is 2. The molecule has 5 heteroatoms. The molecule has 5 nitrogen and oxygen atoms in total. The molecular weight excluding hydrogens is 350 g/mol. The Hall–Kier alpha value is -2.53. The molecule has 1 atom stereocenters. The Bertz CT molecular complexity index is 813. The van der Waals surface area contributed by atoms with E-state index in [0.29, 0.717) is 5.91 Å². The largest absolute Gasteiger partial charge is 0.497 e. The molecule has 1 saturated heterocycles. The van der Waals surface area contributed by atoms with Crippen LogP contribution in [0, 0.1) is 0 Å². The number of rotatable bonds is 4. The summed E-state index contributed by atoms with van der Waals surface area (Å²) >= 11 is 0. The predicted molar refractivity (Wildman–Crippen MR) is 111 cm³/mol. The standard InChI is InChI=1S/C23H29N3O2/c1-18(23(27)26-12-11-19-5-3-4-6-20(19)17-26)24-13-15-25(16-14-24)21-7-9-22(28-2)10-8-21/h3-10,18H,11-17H2,1-2H3/p+1/t18-/m1/s1. The van der Waals surface area contributed by atoms with Crippen molar-refractivity contribution >= 4 is 11.6 Å². The van der Waals surface area contributed by atoms with Gasteiger partial charge in [-0.2, -0.15) is 0 Å². The zero-order valence-electron chi connectivity index (χ0n) is 16.9. The molecule has 0 spiro atoms. The zero-order valence-corrected chi connectivity index (χ0v) is 16.9. The van der Waals surface area contributed by atoms with Crippen molar-refractivity contribution in [3.05, 3.63) is 59.7 Å². The van der Waals surface area contributed by atoms with Crippen LogP contribution in [-0.2, 0) is 17.8 Å². The third kappa shape index (κ3) is 3.85. The lowest BCUT2D eigenvalue weighted by Gasteiger charge is -2.38. The maximum absolute atomic E-state index is 13.1. The Morgan fingerprint density at radius 2 is 1.68 bits per heavy atom. The van der Waals surface area contributed by atoms with Crippen LogP contribution in [0.5, 0.6) is 5.75 Å². The highest BCUT2D eigenvalue weighted by Crippen LogP contribution is 2.20. The SMILES string of the molecule is COc1ccc(N2CC[NH+]([C@H](C)C(=O)N3CCc4ccccc4C3)CC2)cc1. The third-order valence-corrected chi connectivity index (χ3v) is 6.27. The van der Waals surface area contributed by atoms with Crippen molar-refractivity contribution in [3.8, 4) is 5.75 Å². The number of fused-ring (bicyclic) bond motifs is 1. The summed E-state index contributed by atoms with van der Waals surface area (Å²) in [5.41, 5.74) is 3.92. The molecule has 2 aromatic carbocycles. The molecule has 28 heavy (non-hydrogen) atoms. The summed E-state index contributed by atoms with van der Waals surface area (Å²) in [6.45, 7) is 7.62. The van der Waals surface area contributed by atoms with E-state index in [-0.39, 0.29) is 6.04 Å². The van der Waals surface area contributed by atoms with E-state index in [1.165, 1.54) is 21.7 Å². The smallest absolute Gasteiger partial charge is 0.280 e. The molecule has 0 radical (unpaired) electrons. The molecule has 1 amide bonds. The van der Waals surface area contributed by atoms with Crippen LogP contribution in [-0.4, -0.2) is 56.7 Å². The Morgan fingerprint density at radius 3 is 2.36 bits per heavy atom. The molecule has 2 aliphatic rings. The number of ether oxygens (including phenoxy) is 1. The highest BCUT2D eigenvalue weighted by atomic mass is 16.5. The molecule has 2 aliphatic heterocycles. The highest BCUT2D eigenvalue weighted by molar-refractivity contribution is 5.80. The monoisotopic (exact) mass is 380 g/mol. The van der Waals surface area contributed by atoms with Gasteiger partial charge in [-0.15, -0.1) is 0 Å². The van der Waals surface area contributed by atoms with Crippen LogP contribution < -0.4 is 14.5 Å². The lowest BCUT2D eigenvalue weighted by Crippen LogP contribution is -3.19. The van der Waals surface area contributed by atoms with Crippen molar-refractivity contribution in [1.29, 1.82) is 0 Å². The fraction of sp³-hybridized carbons (Fsp3) is 0.435. The Kier molecular flexibility index (Phi) is 5.53.